The molecule has 0 fully saturated rings. The van der Waals surface area contributed by atoms with Gasteiger partial charge in [-0.1, -0.05) is 18.2 Å². The van der Waals surface area contributed by atoms with Crippen LogP contribution in [0.15, 0.2) is 55.7 Å². The minimum Gasteiger partial charge on any atom is -0.415 e. The summed E-state index contributed by atoms with van der Waals surface area (Å²) in [5.41, 5.74) is 0. The van der Waals surface area contributed by atoms with Crippen molar-refractivity contribution in [1.82, 2.24) is 4.98 Å². The van der Waals surface area contributed by atoms with E-state index in [1.54, 1.807) is 18.2 Å². The predicted octanol–water partition coefficient (Wildman–Crippen LogP) is 0.801. The van der Waals surface area contributed by atoms with Crippen molar-refractivity contribution < 1.29 is 12.8 Å². The Balaban J connectivity index is 2.59. The molecule has 1 heterocycles. The van der Waals surface area contributed by atoms with Gasteiger partial charge in [0.1, 0.15) is 6.26 Å². The molecule has 1 aromatic heterocycles. The number of H-pyrrole nitrogens is 1. The van der Waals surface area contributed by atoms with Crippen molar-refractivity contribution in [1.29, 1.82) is 0 Å². The van der Waals surface area contributed by atoms with Crippen LogP contribution in [0.5, 0.6) is 0 Å². The second kappa shape index (κ2) is 3.39. The van der Waals surface area contributed by atoms with Gasteiger partial charge >= 0.3 is 5.76 Å². The van der Waals surface area contributed by atoms with Crippen LogP contribution < -0.4 is 5.76 Å². The molecule has 0 spiro atoms. The van der Waals surface area contributed by atoms with Crippen molar-refractivity contribution in [3.63, 3.8) is 0 Å². The van der Waals surface area contributed by atoms with Crippen molar-refractivity contribution >= 4 is 9.84 Å². The third kappa shape index (κ3) is 1.71. The quantitative estimate of drug-likeness (QED) is 0.819. The first-order chi connectivity index (χ1) is 7.10. The minimum atomic E-state index is -3.67. The second-order valence-electron chi connectivity index (χ2n) is 2.83. The zero-order valence-corrected chi connectivity index (χ0v) is 8.32. The summed E-state index contributed by atoms with van der Waals surface area (Å²) in [7, 11) is -3.67. The summed E-state index contributed by atoms with van der Waals surface area (Å²) in [6.07, 6.45) is 0.894. The number of rotatable bonds is 2. The molecule has 2 rings (SSSR count). The number of aromatic nitrogens is 1. The largest absolute Gasteiger partial charge is 0.417 e. The Morgan fingerprint density at radius 2 is 1.80 bits per heavy atom. The standard InChI is InChI=1S/C9H7NO4S/c11-9-10-8(6-14-9)15(12,13)7-4-2-1-3-5-7/h1-6H,(H,10,11). The molecule has 0 aliphatic heterocycles. The van der Waals surface area contributed by atoms with Crippen molar-refractivity contribution in [2.75, 3.05) is 0 Å². The first kappa shape index (κ1) is 9.72. The molecule has 2 aromatic rings. The highest BCUT2D eigenvalue weighted by molar-refractivity contribution is 7.91. The van der Waals surface area contributed by atoms with Gasteiger partial charge in [-0.2, -0.15) is 0 Å². The molecule has 1 N–H and O–H groups in total. The Kier molecular flexibility index (Phi) is 2.20. The Morgan fingerprint density at radius 1 is 1.13 bits per heavy atom. The van der Waals surface area contributed by atoms with Gasteiger partial charge in [0.15, 0.2) is 5.03 Å². The van der Waals surface area contributed by atoms with Crippen LogP contribution in [0.25, 0.3) is 0 Å². The van der Waals surface area contributed by atoms with Gasteiger partial charge in [0, 0.05) is 0 Å². The van der Waals surface area contributed by atoms with Gasteiger partial charge in [-0.3, -0.25) is 4.98 Å². The highest BCUT2D eigenvalue weighted by Gasteiger charge is 2.19. The van der Waals surface area contributed by atoms with E-state index in [1.807, 2.05) is 0 Å². The van der Waals surface area contributed by atoms with E-state index in [4.69, 9.17) is 0 Å². The molecular weight excluding hydrogens is 218 g/mol. The fourth-order valence-corrected chi connectivity index (χ4v) is 2.29. The third-order valence-electron chi connectivity index (χ3n) is 1.84. The van der Waals surface area contributed by atoms with Gasteiger partial charge in [0.25, 0.3) is 0 Å². The summed E-state index contributed by atoms with van der Waals surface area (Å²) in [5.74, 6) is -0.787. The van der Waals surface area contributed by atoms with E-state index in [0.29, 0.717) is 0 Å². The fourth-order valence-electron chi connectivity index (χ4n) is 1.12. The van der Waals surface area contributed by atoms with Crippen molar-refractivity contribution in [2.24, 2.45) is 0 Å². The maximum atomic E-state index is 11.8. The average Bonchev–Trinajstić information content (AvgIpc) is 2.67. The molecule has 15 heavy (non-hydrogen) atoms. The van der Waals surface area contributed by atoms with E-state index in [0.717, 1.165) is 6.26 Å². The monoisotopic (exact) mass is 225 g/mol. The highest BCUT2D eigenvalue weighted by atomic mass is 32.2. The lowest BCUT2D eigenvalue weighted by Gasteiger charge is -1.98. The van der Waals surface area contributed by atoms with Gasteiger partial charge in [0.2, 0.25) is 9.84 Å². The molecule has 78 valence electrons. The summed E-state index contributed by atoms with van der Waals surface area (Å²) in [5, 5.41) is -0.237. The molecule has 0 saturated heterocycles. The Morgan fingerprint density at radius 3 is 2.33 bits per heavy atom. The fraction of sp³-hybridized carbons (Fsp3) is 0. The van der Waals surface area contributed by atoms with Crippen LogP contribution >= 0.6 is 0 Å². The van der Waals surface area contributed by atoms with Gasteiger partial charge in [0.05, 0.1) is 4.90 Å². The first-order valence-corrected chi connectivity index (χ1v) is 5.57. The zero-order chi connectivity index (χ0) is 10.9. The minimum absolute atomic E-state index is 0.113. The Bertz CT molecular complexity index is 609. The van der Waals surface area contributed by atoms with E-state index >= 15 is 0 Å². The molecule has 6 heteroatoms. The highest BCUT2D eigenvalue weighted by Crippen LogP contribution is 2.16. The number of benzene rings is 1. The Labute approximate surface area is 85.3 Å². The lowest BCUT2D eigenvalue weighted by atomic mass is 10.4. The molecule has 0 amide bonds. The van der Waals surface area contributed by atoms with E-state index in [1.165, 1.54) is 12.1 Å². The van der Waals surface area contributed by atoms with E-state index < -0.39 is 15.6 Å². The van der Waals surface area contributed by atoms with Gasteiger partial charge < -0.3 is 4.42 Å². The number of nitrogens with one attached hydrogen (secondary N) is 1. The summed E-state index contributed by atoms with van der Waals surface area (Å²) < 4.78 is 28.0. The number of aromatic amines is 1. The predicted molar refractivity (Wildman–Crippen MR) is 51.2 cm³/mol. The molecule has 0 saturated carbocycles. The molecule has 0 unspecified atom stereocenters. The zero-order valence-electron chi connectivity index (χ0n) is 7.51. The van der Waals surface area contributed by atoms with Gasteiger partial charge in [-0.05, 0) is 12.1 Å². The average molecular weight is 225 g/mol. The van der Waals surface area contributed by atoms with Crippen LogP contribution in [-0.2, 0) is 9.84 Å². The number of hydrogen-bond acceptors (Lipinski definition) is 4. The smallest absolute Gasteiger partial charge is 0.415 e. The molecule has 0 aliphatic carbocycles. The van der Waals surface area contributed by atoms with E-state index in [-0.39, 0.29) is 9.92 Å². The van der Waals surface area contributed by atoms with E-state index in [9.17, 15) is 13.2 Å². The van der Waals surface area contributed by atoms with Crippen LogP contribution in [0.4, 0.5) is 0 Å². The van der Waals surface area contributed by atoms with Crippen molar-refractivity contribution in [2.45, 2.75) is 9.92 Å². The summed E-state index contributed by atoms with van der Waals surface area (Å²) in [6, 6.07) is 7.80. The molecule has 0 radical (unpaired) electrons. The van der Waals surface area contributed by atoms with Crippen molar-refractivity contribution in [3.8, 4) is 0 Å². The lowest BCUT2D eigenvalue weighted by Crippen LogP contribution is -2.05. The van der Waals surface area contributed by atoms with Crippen LogP contribution in [0.1, 0.15) is 0 Å². The van der Waals surface area contributed by atoms with Gasteiger partial charge in [-0.15, -0.1) is 0 Å². The number of sulfone groups is 1. The molecular formula is C9H7NO4S. The topological polar surface area (TPSA) is 80.1 Å². The van der Waals surface area contributed by atoms with Crippen LogP contribution in [0.2, 0.25) is 0 Å². The van der Waals surface area contributed by atoms with E-state index in [2.05, 4.69) is 9.40 Å². The van der Waals surface area contributed by atoms with Crippen LogP contribution in [-0.4, -0.2) is 13.4 Å². The first-order valence-electron chi connectivity index (χ1n) is 4.08. The van der Waals surface area contributed by atoms with Gasteiger partial charge in [-0.25, -0.2) is 13.2 Å². The maximum absolute atomic E-state index is 11.8. The second-order valence-corrected chi connectivity index (χ2v) is 4.75. The number of hydrogen-bond donors (Lipinski definition) is 1. The normalized spacial score (nSPS) is 11.5. The molecule has 0 atom stereocenters. The third-order valence-corrected chi connectivity index (χ3v) is 3.51. The lowest BCUT2D eigenvalue weighted by molar-refractivity contribution is 0.513. The SMILES string of the molecule is O=c1[nH]c(S(=O)(=O)c2ccccc2)co1. The Hall–Kier alpha value is -1.82. The van der Waals surface area contributed by atoms with Crippen LogP contribution in [0.3, 0.4) is 0 Å². The summed E-state index contributed by atoms with van der Waals surface area (Å²) >= 11 is 0. The van der Waals surface area contributed by atoms with Crippen LogP contribution in [0, 0.1) is 0 Å². The summed E-state index contributed by atoms with van der Waals surface area (Å²) in [4.78, 5) is 12.9. The molecule has 0 aliphatic rings. The maximum Gasteiger partial charge on any atom is 0.417 e. The molecule has 1 aromatic carbocycles. The molecule has 5 nitrogen and oxygen atoms in total. The van der Waals surface area contributed by atoms with Crippen molar-refractivity contribution in [3.05, 3.63) is 47.1 Å². The number of oxazole rings is 1. The molecule has 0 bridgehead atoms. The summed E-state index contributed by atoms with van der Waals surface area (Å²) in [6.45, 7) is 0.